The van der Waals surface area contributed by atoms with Crippen molar-refractivity contribution in [2.75, 3.05) is 11.9 Å². The van der Waals surface area contributed by atoms with Gasteiger partial charge in [-0.05, 0) is 31.0 Å². The van der Waals surface area contributed by atoms with Gasteiger partial charge >= 0.3 is 6.03 Å². The van der Waals surface area contributed by atoms with E-state index in [1.165, 1.54) is 0 Å². The van der Waals surface area contributed by atoms with E-state index in [0.29, 0.717) is 11.3 Å². The summed E-state index contributed by atoms with van der Waals surface area (Å²) >= 11 is 0. The van der Waals surface area contributed by atoms with E-state index in [4.69, 9.17) is 5.26 Å². The lowest BCUT2D eigenvalue weighted by atomic mass is 9.85. The van der Waals surface area contributed by atoms with Crippen LogP contribution in [0.25, 0.3) is 0 Å². The van der Waals surface area contributed by atoms with Gasteiger partial charge in [-0.15, -0.1) is 0 Å². The summed E-state index contributed by atoms with van der Waals surface area (Å²) in [5.74, 6) is 0.139. The van der Waals surface area contributed by atoms with E-state index in [-0.39, 0.29) is 24.6 Å². The predicted molar refractivity (Wildman–Crippen MR) is 76.1 cm³/mol. The van der Waals surface area contributed by atoms with Crippen molar-refractivity contribution in [3.05, 3.63) is 29.8 Å². The van der Waals surface area contributed by atoms with E-state index in [1.54, 1.807) is 24.3 Å². The first-order valence-electron chi connectivity index (χ1n) is 6.91. The maximum atomic E-state index is 12.0. The maximum Gasteiger partial charge on any atom is 0.319 e. The highest BCUT2D eigenvalue weighted by molar-refractivity contribution is 5.89. The number of amides is 2. The second-order valence-electron chi connectivity index (χ2n) is 5.12. The summed E-state index contributed by atoms with van der Waals surface area (Å²) in [4.78, 5) is 12.0. The van der Waals surface area contributed by atoms with Crippen LogP contribution in [-0.2, 0) is 0 Å². The van der Waals surface area contributed by atoms with E-state index in [0.717, 1.165) is 25.7 Å². The van der Waals surface area contributed by atoms with Gasteiger partial charge in [0.05, 0.1) is 11.6 Å². The molecular weight excluding hydrogens is 254 g/mol. The molecule has 1 aromatic carbocycles. The number of rotatable bonds is 3. The van der Waals surface area contributed by atoms with Crippen LogP contribution in [0.1, 0.15) is 31.2 Å². The molecule has 2 amide bonds. The number of nitrogens with zero attached hydrogens (tertiary/aromatic N) is 1. The Morgan fingerprint density at radius 1 is 1.40 bits per heavy atom. The zero-order valence-electron chi connectivity index (χ0n) is 11.3. The molecule has 5 nitrogen and oxygen atoms in total. The molecule has 106 valence electrons. The number of anilines is 1. The number of urea groups is 1. The van der Waals surface area contributed by atoms with Gasteiger partial charge in [-0.2, -0.15) is 5.26 Å². The van der Waals surface area contributed by atoms with Crippen molar-refractivity contribution in [2.24, 2.45) is 5.92 Å². The molecule has 0 bridgehead atoms. The number of aliphatic hydroxyl groups is 1. The quantitative estimate of drug-likeness (QED) is 0.789. The molecule has 3 N–H and O–H groups in total. The summed E-state index contributed by atoms with van der Waals surface area (Å²) in [7, 11) is 0. The van der Waals surface area contributed by atoms with Crippen molar-refractivity contribution in [1.82, 2.24) is 5.32 Å². The fourth-order valence-corrected chi connectivity index (χ4v) is 2.62. The van der Waals surface area contributed by atoms with Crippen molar-refractivity contribution in [2.45, 2.75) is 31.7 Å². The molecule has 1 aliphatic carbocycles. The number of hydrogen-bond acceptors (Lipinski definition) is 3. The normalized spacial score (nSPS) is 21.8. The minimum atomic E-state index is -0.287. The largest absolute Gasteiger partial charge is 0.396 e. The van der Waals surface area contributed by atoms with E-state index in [1.807, 2.05) is 6.07 Å². The molecule has 2 atom stereocenters. The summed E-state index contributed by atoms with van der Waals surface area (Å²) in [5, 5.41) is 23.8. The van der Waals surface area contributed by atoms with Gasteiger partial charge in [0.25, 0.3) is 0 Å². The van der Waals surface area contributed by atoms with Crippen LogP contribution < -0.4 is 10.6 Å². The first-order chi connectivity index (χ1) is 9.72. The van der Waals surface area contributed by atoms with Crippen LogP contribution in [0, 0.1) is 17.2 Å². The summed E-state index contributed by atoms with van der Waals surface area (Å²) in [5.41, 5.74) is 1.10. The highest BCUT2D eigenvalue weighted by Gasteiger charge is 2.25. The Labute approximate surface area is 118 Å². The fourth-order valence-electron chi connectivity index (χ4n) is 2.62. The molecule has 0 radical (unpaired) electrons. The van der Waals surface area contributed by atoms with Crippen LogP contribution in [0.15, 0.2) is 24.3 Å². The Kier molecular flexibility index (Phi) is 4.97. The second-order valence-corrected chi connectivity index (χ2v) is 5.12. The molecule has 0 heterocycles. The number of hydrogen-bond donors (Lipinski definition) is 3. The van der Waals surface area contributed by atoms with Crippen molar-refractivity contribution in [3.8, 4) is 6.07 Å². The van der Waals surface area contributed by atoms with Crippen molar-refractivity contribution in [3.63, 3.8) is 0 Å². The highest BCUT2D eigenvalue weighted by Crippen LogP contribution is 2.24. The third-order valence-corrected chi connectivity index (χ3v) is 3.71. The van der Waals surface area contributed by atoms with Gasteiger partial charge in [-0.3, -0.25) is 0 Å². The molecule has 20 heavy (non-hydrogen) atoms. The van der Waals surface area contributed by atoms with Gasteiger partial charge < -0.3 is 15.7 Å². The number of nitriles is 1. The molecule has 2 rings (SSSR count). The molecule has 0 spiro atoms. The third-order valence-electron chi connectivity index (χ3n) is 3.71. The number of aliphatic hydroxyl groups excluding tert-OH is 1. The molecule has 0 aromatic heterocycles. The molecular formula is C15H19N3O2. The van der Waals surface area contributed by atoms with Crippen LogP contribution in [0.4, 0.5) is 10.5 Å². The Balaban J connectivity index is 1.93. The molecule has 0 saturated heterocycles. The Morgan fingerprint density at radius 2 is 2.20 bits per heavy atom. The van der Waals surface area contributed by atoms with Crippen molar-refractivity contribution >= 4 is 11.7 Å². The molecule has 5 heteroatoms. The van der Waals surface area contributed by atoms with Crippen LogP contribution in [0.5, 0.6) is 0 Å². The van der Waals surface area contributed by atoms with Crippen LogP contribution in [0.2, 0.25) is 0 Å². The topological polar surface area (TPSA) is 85.2 Å². The standard InChI is InChI=1S/C15H19N3O2/c16-9-11-4-3-6-13(8-11)17-15(20)18-14-7-2-1-5-12(14)10-19/h3-4,6,8,12,14,19H,1-2,5,7,10H2,(H2,17,18,20). The Bertz CT molecular complexity index is 510. The summed E-state index contributed by atoms with van der Waals surface area (Å²) in [6.07, 6.45) is 4.03. The van der Waals surface area contributed by atoms with Crippen LogP contribution in [-0.4, -0.2) is 23.8 Å². The Hall–Kier alpha value is -2.06. The number of carbonyl (C=O) groups excluding carboxylic acids is 1. The number of carbonyl (C=O) groups is 1. The summed E-state index contributed by atoms with van der Waals surface area (Å²) in [6, 6.07) is 8.55. The lowest BCUT2D eigenvalue weighted by Gasteiger charge is -2.30. The van der Waals surface area contributed by atoms with Crippen molar-refractivity contribution < 1.29 is 9.90 Å². The second kappa shape index (κ2) is 6.92. The number of nitrogens with one attached hydrogen (secondary N) is 2. The average Bonchev–Trinajstić information content (AvgIpc) is 2.48. The van der Waals surface area contributed by atoms with Gasteiger partial charge in [-0.25, -0.2) is 4.79 Å². The van der Waals surface area contributed by atoms with Gasteiger partial charge in [0.15, 0.2) is 0 Å². The third kappa shape index (κ3) is 3.72. The molecule has 1 saturated carbocycles. The fraction of sp³-hybridized carbons (Fsp3) is 0.467. The predicted octanol–water partition coefficient (Wildman–Crippen LogP) is 2.23. The zero-order valence-corrected chi connectivity index (χ0v) is 11.3. The lowest BCUT2D eigenvalue weighted by molar-refractivity contribution is 0.156. The van der Waals surface area contributed by atoms with E-state index in [2.05, 4.69) is 10.6 Å². The number of benzene rings is 1. The monoisotopic (exact) mass is 273 g/mol. The van der Waals surface area contributed by atoms with Crippen LogP contribution in [0.3, 0.4) is 0 Å². The van der Waals surface area contributed by atoms with Gasteiger partial charge in [0.2, 0.25) is 0 Å². The summed E-state index contributed by atoms with van der Waals surface area (Å²) in [6.45, 7) is 0.106. The first-order valence-corrected chi connectivity index (χ1v) is 6.91. The maximum absolute atomic E-state index is 12.0. The average molecular weight is 273 g/mol. The molecule has 1 aliphatic rings. The van der Waals surface area contributed by atoms with E-state index >= 15 is 0 Å². The van der Waals surface area contributed by atoms with Gasteiger partial charge in [0.1, 0.15) is 0 Å². The molecule has 1 fully saturated rings. The van der Waals surface area contributed by atoms with Gasteiger partial charge in [0, 0.05) is 24.3 Å². The minimum absolute atomic E-state index is 0.0212. The lowest BCUT2D eigenvalue weighted by Crippen LogP contribution is -2.45. The zero-order chi connectivity index (χ0) is 14.4. The van der Waals surface area contributed by atoms with Gasteiger partial charge in [-0.1, -0.05) is 18.9 Å². The minimum Gasteiger partial charge on any atom is -0.396 e. The highest BCUT2D eigenvalue weighted by atomic mass is 16.3. The molecule has 0 aliphatic heterocycles. The molecule has 1 aromatic rings. The Morgan fingerprint density at radius 3 is 2.95 bits per heavy atom. The van der Waals surface area contributed by atoms with Crippen LogP contribution >= 0.6 is 0 Å². The van der Waals surface area contributed by atoms with Crippen molar-refractivity contribution in [1.29, 1.82) is 5.26 Å². The summed E-state index contributed by atoms with van der Waals surface area (Å²) < 4.78 is 0. The SMILES string of the molecule is N#Cc1cccc(NC(=O)NC2CCCCC2CO)c1. The van der Waals surface area contributed by atoms with E-state index < -0.39 is 0 Å². The molecule has 2 unspecified atom stereocenters. The smallest absolute Gasteiger partial charge is 0.319 e. The first kappa shape index (κ1) is 14.4. The van der Waals surface area contributed by atoms with E-state index in [9.17, 15) is 9.90 Å².